The maximum absolute atomic E-state index is 11.7. The van der Waals surface area contributed by atoms with Crippen LogP contribution in [0.15, 0.2) is 29.3 Å². The lowest BCUT2D eigenvalue weighted by Gasteiger charge is -2.47. The maximum atomic E-state index is 11.7. The van der Waals surface area contributed by atoms with Crippen molar-refractivity contribution in [2.24, 2.45) is 11.3 Å². The highest BCUT2D eigenvalue weighted by Crippen LogP contribution is 2.43. The molecule has 0 bridgehead atoms. The predicted octanol–water partition coefficient (Wildman–Crippen LogP) is 4.40. The lowest BCUT2D eigenvalue weighted by molar-refractivity contribution is -0.0945. The van der Waals surface area contributed by atoms with Crippen LogP contribution in [-0.4, -0.2) is 50.5 Å². The van der Waals surface area contributed by atoms with E-state index in [0.29, 0.717) is 38.5 Å². The van der Waals surface area contributed by atoms with Crippen LogP contribution in [0.1, 0.15) is 33.1 Å². The first kappa shape index (κ1) is 21.1. The Balaban J connectivity index is 1.26. The first-order valence-corrected chi connectivity index (χ1v) is 12.5. The van der Waals surface area contributed by atoms with Crippen molar-refractivity contribution in [3.63, 3.8) is 0 Å². The lowest BCUT2D eigenvalue weighted by Crippen LogP contribution is -2.48. The van der Waals surface area contributed by atoms with Crippen molar-refractivity contribution in [1.82, 2.24) is 24.7 Å². The summed E-state index contributed by atoms with van der Waals surface area (Å²) >= 11 is 7.70. The molecule has 3 aromatic heterocycles. The summed E-state index contributed by atoms with van der Waals surface area (Å²) in [4.78, 5) is 26.2. The first-order valence-electron chi connectivity index (χ1n) is 11.3. The molecule has 1 N–H and O–H groups in total. The van der Waals surface area contributed by atoms with Crippen molar-refractivity contribution < 1.29 is 4.74 Å². The molecule has 10 heteroatoms. The van der Waals surface area contributed by atoms with Crippen molar-refractivity contribution in [3.8, 4) is 5.69 Å². The Kier molecular flexibility index (Phi) is 4.97. The fourth-order valence-electron chi connectivity index (χ4n) is 5.21. The number of halogens is 1. The molecular formula is C23H25ClN6O2S. The third kappa shape index (κ3) is 3.53. The van der Waals surface area contributed by atoms with Crippen molar-refractivity contribution in [1.29, 1.82) is 0 Å². The quantitative estimate of drug-likeness (QED) is 0.453. The molecule has 0 aliphatic carbocycles. The van der Waals surface area contributed by atoms with Gasteiger partial charge in [0.25, 0.3) is 0 Å². The summed E-state index contributed by atoms with van der Waals surface area (Å²) < 4.78 is 8.48. The van der Waals surface area contributed by atoms with Gasteiger partial charge in [-0.05, 0) is 49.7 Å². The summed E-state index contributed by atoms with van der Waals surface area (Å²) in [6.45, 7) is 7.25. The first-order chi connectivity index (χ1) is 15.9. The molecule has 172 valence electrons. The largest absolute Gasteiger partial charge is 0.378 e. The number of nitrogens with zero attached hydrogens (tertiary/aromatic N) is 5. The number of benzene rings is 1. The van der Waals surface area contributed by atoms with Gasteiger partial charge in [0.15, 0.2) is 5.65 Å². The van der Waals surface area contributed by atoms with E-state index < -0.39 is 0 Å². The Morgan fingerprint density at radius 3 is 2.85 bits per heavy atom. The number of ether oxygens (including phenoxy) is 1. The van der Waals surface area contributed by atoms with Crippen molar-refractivity contribution in [2.45, 2.75) is 39.2 Å². The topological polar surface area (TPSA) is 88.9 Å². The highest BCUT2D eigenvalue weighted by molar-refractivity contribution is 7.17. The zero-order valence-corrected chi connectivity index (χ0v) is 20.1. The molecule has 6 rings (SSSR count). The minimum atomic E-state index is -0.133. The number of anilines is 1. The molecule has 5 heterocycles. The van der Waals surface area contributed by atoms with E-state index in [1.807, 2.05) is 18.3 Å². The number of hydrogen-bond donors (Lipinski definition) is 1. The number of nitrogens with one attached hydrogen (secondary N) is 1. The summed E-state index contributed by atoms with van der Waals surface area (Å²) in [5, 5.41) is 4.98. The van der Waals surface area contributed by atoms with Crippen LogP contribution in [-0.2, 0) is 4.74 Å². The van der Waals surface area contributed by atoms with E-state index in [-0.39, 0.29) is 4.87 Å². The van der Waals surface area contributed by atoms with Crippen LogP contribution >= 0.6 is 22.9 Å². The third-order valence-electron chi connectivity index (χ3n) is 7.36. The number of fused-ring (bicyclic) bond motifs is 2. The van der Waals surface area contributed by atoms with Crippen LogP contribution in [0.2, 0.25) is 5.02 Å². The summed E-state index contributed by atoms with van der Waals surface area (Å²) in [6.07, 6.45) is 7.35. The number of aromatic nitrogens is 5. The summed E-state index contributed by atoms with van der Waals surface area (Å²) in [6, 6.07) is 3.68. The van der Waals surface area contributed by atoms with Crippen LogP contribution in [0.3, 0.4) is 0 Å². The highest BCUT2D eigenvalue weighted by atomic mass is 35.5. The van der Waals surface area contributed by atoms with Crippen LogP contribution in [0.4, 0.5) is 5.82 Å². The second-order valence-electron chi connectivity index (χ2n) is 9.47. The second kappa shape index (κ2) is 7.78. The fourth-order valence-corrected chi connectivity index (χ4v) is 6.34. The van der Waals surface area contributed by atoms with Crippen LogP contribution < -0.4 is 9.77 Å². The van der Waals surface area contributed by atoms with Crippen molar-refractivity contribution in [2.75, 3.05) is 24.6 Å². The third-order valence-corrected chi connectivity index (χ3v) is 8.77. The number of rotatable bonds is 2. The molecule has 8 nitrogen and oxygen atoms in total. The molecule has 1 unspecified atom stereocenters. The smallest absolute Gasteiger partial charge is 0.305 e. The SMILES string of the molecule is CC1CC2(CCN(c3cnc4c(cnn4-c4ccc5[nH]c(=O)sc5c4Cl)n3)CC2)CO[C@H]1C. The number of piperidine rings is 1. The molecular weight excluding hydrogens is 460 g/mol. The molecule has 0 radical (unpaired) electrons. The Labute approximate surface area is 199 Å². The van der Waals surface area contributed by atoms with E-state index in [2.05, 4.69) is 28.8 Å². The molecule has 2 aliphatic rings. The molecule has 2 saturated heterocycles. The minimum absolute atomic E-state index is 0.133. The Morgan fingerprint density at radius 1 is 1.24 bits per heavy atom. The molecule has 33 heavy (non-hydrogen) atoms. The van der Waals surface area contributed by atoms with Crippen molar-refractivity contribution >= 4 is 50.1 Å². The summed E-state index contributed by atoms with van der Waals surface area (Å²) in [5.74, 6) is 1.48. The van der Waals surface area contributed by atoms with Gasteiger partial charge >= 0.3 is 4.87 Å². The van der Waals surface area contributed by atoms with Gasteiger partial charge in [0.2, 0.25) is 0 Å². The molecule has 0 amide bonds. The summed E-state index contributed by atoms with van der Waals surface area (Å²) in [5.41, 5.74) is 3.05. The number of thiazole rings is 1. The fraction of sp³-hybridized carbons (Fsp3) is 0.478. The molecule has 1 spiro atoms. The molecule has 4 aromatic rings. The average molecular weight is 485 g/mol. The normalized spacial score (nSPS) is 23.1. The minimum Gasteiger partial charge on any atom is -0.378 e. The zero-order chi connectivity index (χ0) is 22.7. The van der Waals surface area contributed by atoms with E-state index in [9.17, 15) is 4.79 Å². The maximum Gasteiger partial charge on any atom is 0.305 e. The van der Waals surface area contributed by atoms with E-state index >= 15 is 0 Å². The predicted molar refractivity (Wildman–Crippen MR) is 131 cm³/mol. The van der Waals surface area contributed by atoms with Gasteiger partial charge < -0.3 is 14.6 Å². The molecule has 0 saturated carbocycles. The number of hydrogen-bond acceptors (Lipinski definition) is 7. The second-order valence-corrected chi connectivity index (χ2v) is 10.8. The van der Waals surface area contributed by atoms with E-state index in [4.69, 9.17) is 26.3 Å². The highest BCUT2D eigenvalue weighted by Gasteiger charge is 2.41. The Morgan fingerprint density at radius 2 is 2.06 bits per heavy atom. The monoisotopic (exact) mass is 484 g/mol. The van der Waals surface area contributed by atoms with Gasteiger partial charge in [-0.3, -0.25) is 4.79 Å². The summed E-state index contributed by atoms with van der Waals surface area (Å²) in [7, 11) is 0. The molecule has 1 aromatic carbocycles. The van der Waals surface area contributed by atoms with E-state index in [0.717, 1.165) is 60.7 Å². The van der Waals surface area contributed by atoms with Crippen molar-refractivity contribution in [3.05, 3.63) is 39.2 Å². The Bertz CT molecular complexity index is 1400. The standard InChI is InChI=1S/C23H25ClN6O2S/c1-13-9-23(12-32-14(13)2)5-7-29(8-6-23)18-11-25-21-16(27-18)10-26-30(21)17-4-3-15-20(19(17)24)33-22(31)28-15/h3-4,10-11,13-14H,5-9,12H2,1-2H3,(H,28,31)/t13?,14-/m0/s1. The van der Waals surface area contributed by atoms with Gasteiger partial charge in [-0.25, -0.2) is 14.6 Å². The van der Waals surface area contributed by atoms with E-state index in [1.165, 1.54) is 6.42 Å². The van der Waals surface area contributed by atoms with Gasteiger partial charge in [-0.15, -0.1) is 0 Å². The molecule has 2 aliphatic heterocycles. The van der Waals surface area contributed by atoms with Gasteiger partial charge in [0, 0.05) is 13.1 Å². The Hall–Kier alpha value is -2.49. The van der Waals surface area contributed by atoms with Gasteiger partial charge in [-0.1, -0.05) is 29.9 Å². The van der Waals surface area contributed by atoms with Crippen LogP contribution in [0.5, 0.6) is 0 Å². The van der Waals surface area contributed by atoms with Gasteiger partial charge in [0.05, 0.1) is 46.0 Å². The number of H-pyrrole nitrogens is 1. The zero-order valence-electron chi connectivity index (χ0n) is 18.5. The lowest BCUT2D eigenvalue weighted by atomic mass is 9.70. The van der Waals surface area contributed by atoms with Gasteiger partial charge in [0.1, 0.15) is 11.3 Å². The van der Waals surface area contributed by atoms with Crippen LogP contribution in [0.25, 0.3) is 27.1 Å². The molecule has 2 atom stereocenters. The average Bonchev–Trinajstić information content (AvgIpc) is 3.40. The number of aromatic amines is 1. The molecule has 2 fully saturated rings. The van der Waals surface area contributed by atoms with E-state index in [1.54, 1.807) is 10.9 Å². The van der Waals surface area contributed by atoms with Crippen LogP contribution in [0, 0.1) is 11.3 Å². The van der Waals surface area contributed by atoms with Gasteiger partial charge in [-0.2, -0.15) is 5.10 Å².